The van der Waals surface area contributed by atoms with Crippen LogP contribution < -0.4 is 5.56 Å². The molecular weight excluding hydrogens is 347 g/mol. The number of nitrogens with zero attached hydrogens (tertiary/aromatic N) is 3. The van der Waals surface area contributed by atoms with Crippen molar-refractivity contribution in [3.05, 3.63) is 81.5 Å². The summed E-state index contributed by atoms with van der Waals surface area (Å²) in [5.41, 5.74) is 2.51. The average molecular weight is 366 g/mol. The zero-order valence-corrected chi connectivity index (χ0v) is 15.2. The molecule has 0 radical (unpaired) electrons. The highest BCUT2D eigenvalue weighted by atomic mass is 19.1. The van der Waals surface area contributed by atoms with Crippen LogP contribution in [0.1, 0.15) is 21.6 Å². The van der Waals surface area contributed by atoms with Crippen molar-refractivity contribution in [2.75, 3.05) is 14.1 Å². The van der Waals surface area contributed by atoms with Gasteiger partial charge in [-0.15, -0.1) is 0 Å². The van der Waals surface area contributed by atoms with E-state index in [1.165, 1.54) is 40.1 Å². The molecule has 0 saturated heterocycles. The lowest BCUT2D eigenvalue weighted by Gasteiger charge is -2.09. The Morgan fingerprint density at radius 2 is 1.74 bits per heavy atom. The van der Waals surface area contributed by atoms with Crippen molar-refractivity contribution in [3.63, 3.8) is 0 Å². The second-order valence-corrected chi connectivity index (χ2v) is 6.27. The van der Waals surface area contributed by atoms with Gasteiger partial charge in [0.25, 0.3) is 11.5 Å². The Hall–Kier alpha value is -3.48. The Morgan fingerprint density at radius 3 is 2.33 bits per heavy atom. The lowest BCUT2D eigenvalue weighted by Crippen LogP contribution is -2.21. The summed E-state index contributed by atoms with van der Waals surface area (Å²) < 4.78 is 14.4. The maximum absolute atomic E-state index is 13.1. The summed E-state index contributed by atoms with van der Waals surface area (Å²) >= 11 is 0. The largest absolute Gasteiger partial charge is 0.345 e. The van der Waals surface area contributed by atoms with E-state index in [1.807, 2.05) is 0 Å². The van der Waals surface area contributed by atoms with Crippen LogP contribution in [0, 0.1) is 12.7 Å². The third kappa shape index (κ3) is 3.87. The molecule has 0 atom stereocenters. The highest BCUT2D eigenvalue weighted by molar-refractivity contribution is 5.94. The smallest absolute Gasteiger partial charge is 0.280 e. The molecule has 1 heterocycles. The number of aliphatic imine (C=N–C) groups is 1. The summed E-state index contributed by atoms with van der Waals surface area (Å²) in [7, 11) is 3.38. The van der Waals surface area contributed by atoms with Crippen LogP contribution in [0.4, 0.5) is 10.1 Å². The van der Waals surface area contributed by atoms with Crippen LogP contribution >= 0.6 is 0 Å². The average Bonchev–Trinajstić information content (AvgIpc) is 2.94. The molecule has 1 aromatic heterocycles. The number of carbonyl (C=O) groups excluding carboxylic acids is 1. The predicted molar refractivity (Wildman–Crippen MR) is 103 cm³/mol. The van der Waals surface area contributed by atoms with Crippen LogP contribution in [0.3, 0.4) is 0 Å². The van der Waals surface area contributed by atoms with E-state index in [2.05, 4.69) is 10.1 Å². The summed E-state index contributed by atoms with van der Waals surface area (Å²) in [5, 5.41) is 2.96. The topological polar surface area (TPSA) is 70.5 Å². The molecule has 1 amide bonds. The summed E-state index contributed by atoms with van der Waals surface area (Å²) in [4.78, 5) is 30.3. The predicted octanol–water partition coefficient (Wildman–Crippen LogP) is 3.07. The number of H-pyrrole nitrogens is 1. The first-order valence-corrected chi connectivity index (χ1v) is 8.30. The number of amides is 1. The SMILES string of the molecule is Cc1[nH]n(-c2ccc(F)cc2)c(=O)c1C=Nc1ccc(C(=O)N(C)C)cc1. The Labute approximate surface area is 155 Å². The fourth-order valence-corrected chi connectivity index (χ4v) is 2.57. The molecular formula is C20H19FN4O2. The van der Waals surface area contributed by atoms with Crippen molar-refractivity contribution in [2.24, 2.45) is 4.99 Å². The standard InChI is InChI=1S/C20H19FN4O2/c1-13-18(20(27)25(23-13)17-10-6-15(21)7-11-17)12-22-16-8-4-14(5-9-16)19(26)24(2)3/h4-12,23H,1-3H3. The van der Waals surface area contributed by atoms with Gasteiger partial charge in [-0.2, -0.15) is 0 Å². The van der Waals surface area contributed by atoms with Gasteiger partial charge in [-0.05, 0) is 55.5 Å². The molecule has 3 aromatic rings. The summed E-state index contributed by atoms with van der Waals surface area (Å²) in [6.07, 6.45) is 1.48. The molecule has 3 rings (SSSR count). The van der Waals surface area contributed by atoms with Gasteiger partial charge in [-0.3, -0.25) is 19.7 Å². The van der Waals surface area contributed by atoms with Crippen LogP contribution in [-0.4, -0.2) is 40.9 Å². The molecule has 27 heavy (non-hydrogen) atoms. The molecule has 0 spiro atoms. The van der Waals surface area contributed by atoms with E-state index in [0.717, 1.165) is 0 Å². The number of hydrogen-bond donors (Lipinski definition) is 1. The number of carbonyl (C=O) groups is 1. The van der Waals surface area contributed by atoms with E-state index < -0.39 is 0 Å². The Bertz CT molecular complexity index is 1050. The number of nitrogens with one attached hydrogen (secondary N) is 1. The van der Waals surface area contributed by atoms with Crippen LogP contribution in [0.15, 0.2) is 58.3 Å². The highest BCUT2D eigenvalue weighted by Gasteiger charge is 2.11. The molecule has 0 fully saturated rings. The van der Waals surface area contributed by atoms with E-state index >= 15 is 0 Å². The first-order valence-electron chi connectivity index (χ1n) is 8.30. The van der Waals surface area contributed by atoms with Crippen molar-refractivity contribution in [3.8, 4) is 5.69 Å². The first-order chi connectivity index (χ1) is 12.9. The number of aryl methyl sites for hydroxylation is 1. The summed E-state index contributed by atoms with van der Waals surface area (Å²) in [5.74, 6) is -0.456. The molecule has 6 nitrogen and oxygen atoms in total. The van der Waals surface area contributed by atoms with Crippen LogP contribution in [0.5, 0.6) is 0 Å². The molecule has 0 unspecified atom stereocenters. The van der Waals surface area contributed by atoms with Crippen LogP contribution in [0.2, 0.25) is 0 Å². The van der Waals surface area contributed by atoms with Crippen molar-refractivity contribution < 1.29 is 9.18 Å². The van der Waals surface area contributed by atoms with E-state index in [1.54, 1.807) is 45.3 Å². The van der Waals surface area contributed by atoms with E-state index in [9.17, 15) is 14.0 Å². The maximum atomic E-state index is 13.1. The van der Waals surface area contributed by atoms with E-state index in [0.29, 0.717) is 28.2 Å². The normalized spacial score (nSPS) is 11.1. The molecule has 2 aromatic carbocycles. The third-order valence-electron chi connectivity index (χ3n) is 4.06. The van der Waals surface area contributed by atoms with Gasteiger partial charge in [-0.1, -0.05) is 0 Å². The fraction of sp³-hybridized carbons (Fsp3) is 0.150. The van der Waals surface area contributed by atoms with Gasteiger partial charge in [0.2, 0.25) is 0 Å². The Balaban J connectivity index is 1.87. The lowest BCUT2D eigenvalue weighted by atomic mass is 10.2. The van der Waals surface area contributed by atoms with Gasteiger partial charge in [0.1, 0.15) is 5.82 Å². The van der Waals surface area contributed by atoms with Gasteiger partial charge in [-0.25, -0.2) is 9.07 Å². The number of benzene rings is 2. The van der Waals surface area contributed by atoms with Gasteiger partial charge < -0.3 is 4.90 Å². The minimum atomic E-state index is -0.368. The van der Waals surface area contributed by atoms with Gasteiger partial charge in [0.05, 0.1) is 16.9 Å². The van der Waals surface area contributed by atoms with Crippen molar-refractivity contribution in [1.82, 2.24) is 14.7 Å². The van der Waals surface area contributed by atoms with Crippen molar-refractivity contribution in [2.45, 2.75) is 6.92 Å². The summed E-state index contributed by atoms with van der Waals surface area (Å²) in [6.45, 7) is 1.77. The molecule has 0 saturated carbocycles. The van der Waals surface area contributed by atoms with E-state index in [-0.39, 0.29) is 17.3 Å². The van der Waals surface area contributed by atoms with Gasteiger partial charge in [0, 0.05) is 31.6 Å². The van der Waals surface area contributed by atoms with Crippen LogP contribution in [0.25, 0.3) is 5.69 Å². The zero-order valence-electron chi connectivity index (χ0n) is 15.2. The Kier molecular flexibility index (Phi) is 5.03. The third-order valence-corrected chi connectivity index (χ3v) is 4.06. The second-order valence-electron chi connectivity index (χ2n) is 6.27. The molecule has 1 N–H and O–H groups in total. The number of aromatic amines is 1. The zero-order chi connectivity index (χ0) is 19.6. The molecule has 0 aliphatic carbocycles. The van der Waals surface area contributed by atoms with Crippen LogP contribution in [-0.2, 0) is 0 Å². The van der Waals surface area contributed by atoms with E-state index in [4.69, 9.17) is 0 Å². The van der Waals surface area contributed by atoms with Gasteiger partial charge in [0.15, 0.2) is 0 Å². The monoisotopic (exact) mass is 366 g/mol. The highest BCUT2D eigenvalue weighted by Crippen LogP contribution is 2.14. The maximum Gasteiger partial charge on any atom is 0.280 e. The molecule has 7 heteroatoms. The van der Waals surface area contributed by atoms with Gasteiger partial charge >= 0.3 is 0 Å². The number of aromatic nitrogens is 2. The fourth-order valence-electron chi connectivity index (χ4n) is 2.57. The van der Waals surface area contributed by atoms with Crippen molar-refractivity contribution >= 4 is 17.8 Å². The van der Waals surface area contributed by atoms with Crippen molar-refractivity contribution in [1.29, 1.82) is 0 Å². The lowest BCUT2D eigenvalue weighted by molar-refractivity contribution is 0.0827. The quantitative estimate of drug-likeness (QED) is 0.721. The number of rotatable bonds is 4. The minimum absolute atomic E-state index is 0.0887. The molecule has 0 aliphatic rings. The Morgan fingerprint density at radius 1 is 1.11 bits per heavy atom. The number of halogens is 1. The first kappa shape index (κ1) is 18.3. The second kappa shape index (κ2) is 7.41. The number of hydrogen-bond acceptors (Lipinski definition) is 3. The molecule has 138 valence electrons. The molecule has 0 bridgehead atoms. The minimum Gasteiger partial charge on any atom is -0.345 e. The summed E-state index contributed by atoms with van der Waals surface area (Å²) in [6, 6.07) is 12.4. The molecule has 0 aliphatic heterocycles.